The van der Waals surface area contributed by atoms with Gasteiger partial charge in [-0.1, -0.05) is 31.2 Å². The summed E-state index contributed by atoms with van der Waals surface area (Å²) in [4.78, 5) is 20.9. The Morgan fingerprint density at radius 3 is 2.86 bits per heavy atom. The van der Waals surface area contributed by atoms with Crippen LogP contribution in [0.15, 0.2) is 36.7 Å². The van der Waals surface area contributed by atoms with Crippen LogP contribution < -0.4 is 0 Å². The van der Waals surface area contributed by atoms with Gasteiger partial charge >= 0.3 is 0 Å². The second-order valence-corrected chi connectivity index (χ2v) is 8.11. The average molecular weight is 383 g/mol. The van der Waals surface area contributed by atoms with Gasteiger partial charge in [0.05, 0.1) is 19.1 Å². The van der Waals surface area contributed by atoms with Crippen LogP contribution in [-0.4, -0.2) is 71.2 Å². The van der Waals surface area contributed by atoms with E-state index in [1.807, 2.05) is 6.20 Å². The number of rotatable bonds is 5. The number of hydrogen-bond acceptors (Lipinski definition) is 4. The van der Waals surface area contributed by atoms with Crippen molar-refractivity contribution < 1.29 is 9.53 Å². The molecule has 1 amide bonds. The number of aromatic nitrogens is 2. The molecule has 6 nitrogen and oxygen atoms in total. The van der Waals surface area contributed by atoms with Crippen LogP contribution in [-0.2, 0) is 16.0 Å². The molecule has 4 rings (SSSR count). The first-order valence-electron chi connectivity index (χ1n) is 10.2. The van der Waals surface area contributed by atoms with Crippen LogP contribution in [0.3, 0.4) is 0 Å². The zero-order chi connectivity index (χ0) is 19.7. The molecule has 6 heteroatoms. The number of imidazole rings is 1. The van der Waals surface area contributed by atoms with Crippen LogP contribution in [0.25, 0.3) is 11.4 Å². The lowest BCUT2D eigenvalue weighted by Crippen LogP contribution is -2.47. The largest absolute Gasteiger partial charge is 0.375 e. The van der Waals surface area contributed by atoms with Gasteiger partial charge in [-0.2, -0.15) is 0 Å². The molecule has 3 atom stereocenters. The zero-order valence-corrected chi connectivity index (χ0v) is 17.0. The Bertz CT molecular complexity index is 831. The maximum Gasteiger partial charge on any atom is 0.224 e. The number of aryl methyl sites for hydroxylation is 1. The number of ether oxygens (including phenoxy) is 1. The number of nitrogens with zero attached hydrogens (tertiary/aromatic N) is 4. The van der Waals surface area contributed by atoms with Gasteiger partial charge in [0.2, 0.25) is 5.91 Å². The first-order valence-corrected chi connectivity index (χ1v) is 10.2. The SMILES string of the molecule is CCc1ccccc1-c1nccn1[C@@H]1C[C@H]2CO[C@@H](CC(=O)N(C)C)CN2C1. The summed E-state index contributed by atoms with van der Waals surface area (Å²) in [6, 6.07) is 9.36. The van der Waals surface area contributed by atoms with Crippen LogP contribution in [0.2, 0.25) is 0 Å². The number of carbonyl (C=O) groups is 1. The molecule has 0 saturated carbocycles. The summed E-state index contributed by atoms with van der Waals surface area (Å²) < 4.78 is 8.36. The third-order valence-corrected chi connectivity index (χ3v) is 6.07. The predicted molar refractivity (Wildman–Crippen MR) is 109 cm³/mol. The minimum Gasteiger partial charge on any atom is -0.375 e. The normalized spacial score (nSPS) is 24.9. The monoisotopic (exact) mass is 382 g/mol. The van der Waals surface area contributed by atoms with Crippen LogP contribution in [0, 0.1) is 0 Å². The highest BCUT2D eigenvalue weighted by Gasteiger charge is 2.39. The summed E-state index contributed by atoms with van der Waals surface area (Å²) in [6.07, 6.45) is 6.53. The Labute approximate surface area is 167 Å². The first-order chi connectivity index (χ1) is 13.6. The van der Waals surface area contributed by atoms with Crippen LogP contribution >= 0.6 is 0 Å². The van der Waals surface area contributed by atoms with Crippen molar-refractivity contribution in [2.24, 2.45) is 0 Å². The molecular weight excluding hydrogens is 352 g/mol. The number of benzene rings is 1. The molecule has 2 fully saturated rings. The van der Waals surface area contributed by atoms with E-state index in [0.29, 0.717) is 25.1 Å². The van der Waals surface area contributed by atoms with E-state index in [2.05, 4.69) is 46.9 Å². The second-order valence-electron chi connectivity index (χ2n) is 8.11. The fraction of sp³-hybridized carbons (Fsp3) is 0.545. The standard InChI is InChI=1S/C22H30N4O2/c1-4-16-7-5-6-8-20(16)22-23-9-10-26(22)17-11-18-15-28-19(14-25(18)13-17)12-21(27)24(2)3/h5-10,17-19H,4,11-15H2,1-3H3/t17-,18+,19+/m1/s1. The van der Waals surface area contributed by atoms with Crippen LogP contribution in [0.4, 0.5) is 0 Å². The molecule has 1 aromatic heterocycles. The van der Waals surface area contributed by atoms with E-state index < -0.39 is 0 Å². The van der Waals surface area contributed by atoms with Crippen molar-refractivity contribution in [1.82, 2.24) is 19.4 Å². The Hall–Kier alpha value is -2.18. The molecule has 2 saturated heterocycles. The molecule has 0 aliphatic carbocycles. The van der Waals surface area contributed by atoms with E-state index in [9.17, 15) is 4.79 Å². The van der Waals surface area contributed by atoms with E-state index in [4.69, 9.17) is 9.72 Å². The number of carbonyl (C=O) groups excluding carboxylic acids is 1. The van der Waals surface area contributed by atoms with Gasteiger partial charge in [0.25, 0.3) is 0 Å². The lowest BCUT2D eigenvalue weighted by Gasteiger charge is -2.35. The molecule has 2 aromatic rings. The van der Waals surface area contributed by atoms with Gasteiger partial charge in [0, 0.05) is 57.2 Å². The average Bonchev–Trinajstić information content (AvgIpc) is 3.34. The van der Waals surface area contributed by atoms with Crippen molar-refractivity contribution in [3.05, 3.63) is 42.2 Å². The third-order valence-electron chi connectivity index (χ3n) is 6.07. The van der Waals surface area contributed by atoms with E-state index in [1.54, 1.807) is 19.0 Å². The van der Waals surface area contributed by atoms with Crippen LogP contribution in [0.5, 0.6) is 0 Å². The van der Waals surface area contributed by atoms with Gasteiger partial charge in [0.15, 0.2) is 0 Å². The first kappa shape index (κ1) is 19.2. The van der Waals surface area contributed by atoms with Gasteiger partial charge in [-0.3, -0.25) is 9.69 Å². The van der Waals surface area contributed by atoms with E-state index in [1.165, 1.54) is 11.1 Å². The summed E-state index contributed by atoms with van der Waals surface area (Å²) >= 11 is 0. The van der Waals surface area contributed by atoms with Crippen molar-refractivity contribution in [3.63, 3.8) is 0 Å². The van der Waals surface area contributed by atoms with E-state index in [-0.39, 0.29) is 12.0 Å². The molecule has 1 aromatic carbocycles. The van der Waals surface area contributed by atoms with Gasteiger partial charge < -0.3 is 14.2 Å². The molecule has 0 bridgehead atoms. The Balaban J connectivity index is 1.49. The number of amides is 1. The predicted octanol–water partition coefficient (Wildman–Crippen LogP) is 2.61. The number of fused-ring (bicyclic) bond motifs is 1. The summed E-state index contributed by atoms with van der Waals surface area (Å²) in [6.45, 7) is 4.71. The highest BCUT2D eigenvalue weighted by Crippen LogP contribution is 2.34. The quantitative estimate of drug-likeness (QED) is 0.798. The zero-order valence-electron chi connectivity index (χ0n) is 17.0. The van der Waals surface area contributed by atoms with E-state index in [0.717, 1.165) is 31.8 Å². The Morgan fingerprint density at radius 1 is 1.25 bits per heavy atom. The molecule has 150 valence electrons. The molecule has 28 heavy (non-hydrogen) atoms. The molecular formula is C22H30N4O2. The summed E-state index contributed by atoms with van der Waals surface area (Å²) in [5.41, 5.74) is 2.56. The van der Waals surface area contributed by atoms with Crippen molar-refractivity contribution in [2.75, 3.05) is 33.8 Å². The van der Waals surface area contributed by atoms with Crippen molar-refractivity contribution in [3.8, 4) is 11.4 Å². The molecule has 0 unspecified atom stereocenters. The molecule has 0 N–H and O–H groups in total. The van der Waals surface area contributed by atoms with E-state index >= 15 is 0 Å². The summed E-state index contributed by atoms with van der Waals surface area (Å²) in [5.74, 6) is 1.19. The summed E-state index contributed by atoms with van der Waals surface area (Å²) in [5, 5.41) is 0. The highest BCUT2D eigenvalue weighted by molar-refractivity contribution is 5.76. The van der Waals surface area contributed by atoms with Crippen molar-refractivity contribution >= 4 is 5.91 Å². The number of morpholine rings is 1. The maximum atomic E-state index is 12.0. The number of hydrogen-bond donors (Lipinski definition) is 0. The second kappa shape index (κ2) is 8.05. The minimum absolute atomic E-state index is 0.00650. The third kappa shape index (κ3) is 3.71. The fourth-order valence-electron chi connectivity index (χ4n) is 4.48. The Kier molecular flexibility index (Phi) is 5.51. The van der Waals surface area contributed by atoms with Crippen molar-refractivity contribution in [1.29, 1.82) is 0 Å². The molecule has 2 aliphatic rings. The molecule has 0 radical (unpaired) electrons. The van der Waals surface area contributed by atoms with Crippen molar-refractivity contribution in [2.45, 2.75) is 44.4 Å². The maximum absolute atomic E-state index is 12.0. The Morgan fingerprint density at radius 2 is 2.07 bits per heavy atom. The topological polar surface area (TPSA) is 50.6 Å². The molecule has 2 aliphatic heterocycles. The van der Waals surface area contributed by atoms with Gasteiger partial charge in [-0.05, 0) is 18.4 Å². The van der Waals surface area contributed by atoms with Gasteiger partial charge in [-0.15, -0.1) is 0 Å². The minimum atomic E-state index is -0.00650. The van der Waals surface area contributed by atoms with Gasteiger partial charge in [-0.25, -0.2) is 4.98 Å². The summed E-state index contributed by atoms with van der Waals surface area (Å²) in [7, 11) is 3.60. The van der Waals surface area contributed by atoms with Gasteiger partial charge in [0.1, 0.15) is 5.82 Å². The fourth-order valence-corrected chi connectivity index (χ4v) is 4.48. The smallest absolute Gasteiger partial charge is 0.224 e. The highest BCUT2D eigenvalue weighted by atomic mass is 16.5. The molecule has 3 heterocycles. The lowest BCUT2D eigenvalue weighted by atomic mass is 10.0. The lowest BCUT2D eigenvalue weighted by molar-refractivity contribution is -0.134. The van der Waals surface area contributed by atoms with Crippen LogP contribution in [0.1, 0.15) is 31.4 Å². The molecule has 0 spiro atoms.